The molecule has 0 bridgehead atoms. The van der Waals surface area contributed by atoms with Crippen LogP contribution in [0.15, 0.2) is 30.7 Å². The van der Waals surface area contributed by atoms with E-state index in [1.165, 1.54) is 7.11 Å². The van der Waals surface area contributed by atoms with Gasteiger partial charge in [0.2, 0.25) is 0 Å². The molecular weight excluding hydrogens is 313 g/mol. The molecule has 0 radical (unpaired) electrons. The van der Waals surface area contributed by atoms with E-state index < -0.39 is 6.04 Å². The van der Waals surface area contributed by atoms with Crippen molar-refractivity contribution in [1.82, 2.24) is 9.55 Å². The van der Waals surface area contributed by atoms with Crippen LogP contribution in [0.5, 0.6) is 0 Å². The van der Waals surface area contributed by atoms with Gasteiger partial charge in [0.1, 0.15) is 0 Å². The van der Waals surface area contributed by atoms with Crippen LogP contribution in [-0.4, -0.2) is 28.7 Å². The fraction of sp³-hybridized carbons (Fsp3) is 0.286. The van der Waals surface area contributed by atoms with Crippen molar-refractivity contribution in [3.8, 4) is 0 Å². The molecule has 7 heteroatoms. The number of nitrogens with zero attached hydrogens (tertiary/aromatic N) is 2. The van der Waals surface area contributed by atoms with Crippen molar-refractivity contribution in [2.75, 3.05) is 7.11 Å². The molecule has 0 amide bonds. The van der Waals surface area contributed by atoms with Gasteiger partial charge in [0.05, 0.1) is 19.9 Å². The third kappa shape index (κ3) is 4.20. The van der Waals surface area contributed by atoms with Crippen LogP contribution in [0.1, 0.15) is 11.3 Å². The third-order valence-electron chi connectivity index (χ3n) is 3.06. The molecule has 1 heterocycles. The zero-order valence-electron chi connectivity index (χ0n) is 11.6. The molecule has 1 aromatic heterocycles. The summed E-state index contributed by atoms with van der Waals surface area (Å²) in [7, 11) is 1.35. The van der Waals surface area contributed by atoms with Crippen LogP contribution < -0.4 is 5.73 Å². The number of rotatable bonds is 5. The van der Waals surface area contributed by atoms with Gasteiger partial charge in [-0.15, -0.1) is 0 Å². The Hall–Kier alpha value is -1.56. The second kappa shape index (κ2) is 6.93. The summed E-state index contributed by atoms with van der Waals surface area (Å²) in [6.45, 7) is 0.573. The molecule has 2 rings (SSSR count). The first-order chi connectivity index (χ1) is 9.99. The first-order valence-electron chi connectivity index (χ1n) is 6.34. The number of halogens is 2. The summed E-state index contributed by atoms with van der Waals surface area (Å²) in [4.78, 5) is 15.6. The van der Waals surface area contributed by atoms with Crippen molar-refractivity contribution < 1.29 is 15.3 Å². The molecule has 0 saturated carbocycles. The molecule has 1 aromatic carbocycles. The lowest BCUT2D eigenvalue weighted by atomic mass is 10.1. The summed E-state index contributed by atoms with van der Waals surface area (Å²) in [5.41, 5.74) is 5.67. The normalized spacial score (nSPS) is 12.2. The summed E-state index contributed by atoms with van der Waals surface area (Å²) >= 11 is 12.0. The van der Waals surface area contributed by atoms with Crippen LogP contribution in [0.4, 0.5) is 0 Å². The summed E-state index contributed by atoms with van der Waals surface area (Å²) in [5.74, 6) is -0.339. The van der Waals surface area contributed by atoms with Gasteiger partial charge in [-0.05, 0) is 23.8 Å². The molecule has 0 saturated heterocycles. The van der Waals surface area contributed by atoms with E-state index in [9.17, 15) is 4.79 Å². The highest BCUT2D eigenvalue weighted by Crippen LogP contribution is 2.20. The SMILES string of the molecule is COC(=O)[C@@H]([NH3+])Cc1cncn1Cc1cc(Cl)cc(Cl)c1. The quantitative estimate of drug-likeness (QED) is 0.847. The number of carbonyl (C=O) groups excluding carboxylic acids is 1. The number of esters is 1. The number of carbonyl (C=O) groups is 1. The first-order valence-corrected chi connectivity index (χ1v) is 7.10. The minimum absolute atomic E-state index is 0.339. The van der Waals surface area contributed by atoms with E-state index in [-0.39, 0.29) is 5.97 Å². The molecule has 2 aromatic rings. The van der Waals surface area contributed by atoms with Gasteiger partial charge in [-0.3, -0.25) is 0 Å². The largest absolute Gasteiger partial charge is 0.465 e. The standard InChI is InChI=1S/C14H15Cl2N3O2/c1-21-14(20)13(17)5-12-6-18-8-19(12)7-9-2-10(15)4-11(16)3-9/h2-4,6,8,13H,5,7,17H2,1H3/p+1/t13-/m0/s1. The molecule has 1 atom stereocenters. The van der Waals surface area contributed by atoms with Gasteiger partial charge < -0.3 is 15.0 Å². The van der Waals surface area contributed by atoms with Crippen LogP contribution in [0.2, 0.25) is 10.0 Å². The lowest BCUT2D eigenvalue weighted by Crippen LogP contribution is -2.66. The average Bonchev–Trinajstić information content (AvgIpc) is 2.83. The Morgan fingerprint density at radius 2 is 2.05 bits per heavy atom. The van der Waals surface area contributed by atoms with Crippen LogP contribution in [-0.2, 0) is 22.5 Å². The van der Waals surface area contributed by atoms with E-state index >= 15 is 0 Å². The lowest BCUT2D eigenvalue weighted by Gasteiger charge is -2.10. The number of aromatic nitrogens is 2. The Balaban J connectivity index is 2.15. The smallest absolute Gasteiger partial charge is 0.364 e. The van der Waals surface area contributed by atoms with Crippen LogP contribution >= 0.6 is 23.2 Å². The molecule has 0 aliphatic rings. The van der Waals surface area contributed by atoms with Crippen molar-refractivity contribution in [3.63, 3.8) is 0 Å². The van der Waals surface area contributed by atoms with E-state index in [1.807, 2.05) is 16.7 Å². The predicted molar refractivity (Wildman–Crippen MR) is 80.2 cm³/mol. The Morgan fingerprint density at radius 1 is 1.38 bits per heavy atom. The molecule has 0 unspecified atom stereocenters. The summed E-state index contributed by atoms with van der Waals surface area (Å²) in [5, 5.41) is 1.17. The fourth-order valence-electron chi connectivity index (χ4n) is 2.06. The Morgan fingerprint density at radius 3 is 2.67 bits per heavy atom. The number of hydrogen-bond acceptors (Lipinski definition) is 3. The zero-order chi connectivity index (χ0) is 15.4. The number of quaternary nitrogens is 1. The molecule has 5 nitrogen and oxygen atoms in total. The van der Waals surface area contributed by atoms with Crippen molar-refractivity contribution in [1.29, 1.82) is 0 Å². The van der Waals surface area contributed by atoms with Gasteiger partial charge in [-0.2, -0.15) is 0 Å². The lowest BCUT2D eigenvalue weighted by molar-refractivity contribution is -0.407. The van der Waals surface area contributed by atoms with Crippen molar-refractivity contribution in [2.24, 2.45) is 0 Å². The monoisotopic (exact) mass is 328 g/mol. The second-order valence-corrected chi connectivity index (χ2v) is 5.59. The van der Waals surface area contributed by atoms with Crippen LogP contribution in [0.3, 0.4) is 0 Å². The van der Waals surface area contributed by atoms with Gasteiger partial charge in [-0.1, -0.05) is 23.2 Å². The topological polar surface area (TPSA) is 71.8 Å². The molecule has 3 N–H and O–H groups in total. The van der Waals surface area contributed by atoms with Gasteiger partial charge in [0, 0.05) is 28.5 Å². The van der Waals surface area contributed by atoms with Crippen molar-refractivity contribution >= 4 is 29.2 Å². The Bertz CT molecular complexity index is 623. The first kappa shape index (κ1) is 15.8. The van der Waals surface area contributed by atoms with E-state index in [0.29, 0.717) is 23.0 Å². The number of benzene rings is 1. The predicted octanol–water partition coefficient (Wildman–Crippen LogP) is 1.56. The maximum absolute atomic E-state index is 11.4. The van der Waals surface area contributed by atoms with Crippen molar-refractivity contribution in [2.45, 2.75) is 19.0 Å². The van der Waals surface area contributed by atoms with Gasteiger partial charge in [0.25, 0.3) is 0 Å². The minimum Gasteiger partial charge on any atom is -0.465 e. The number of hydrogen-bond donors (Lipinski definition) is 1. The van der Waals surface area contributed by atoms with Gasteiger partial charge in [0.15, 0.2) is 6.04 Å². The maximum atomic E-state index is 11.4. The second-order valence-electron chi connectivity index (χ2n) is 4.71. The van der Waals surface area contributed by atoms with E-state index in [2.05, 4.69) is 15.5 Å². The minimum atomic E-state index is -0.464. The number of imidazole rings is 1. The molecule has 21 heavy (non-hydrogen) atoms. The van der Waals surface area contributed by atoms with Gasteiger partial charge in [-0.25, -0.2) is 9.78 Å². The fourth-order valence-corrected chi connectivity index (χ4v) is 2.63. The van der Waals surface area contributed by atoms with E-state index in [4.69, 9.17) is 23.2 Å². The molecule has 112 valence electrons. The molecule has 0 aliphatic carbocycles. The Kier molecular flexibility index (Phi) is 5.22. The summed E-state index contributed by atoms with van der Waals surface area (Å²) < 4.78 is 6.62. The van der Waals surface area contributed by atoms with Crippen LogP contribution in [0.25, 0.3) is 0 Å². The highest BCUT2D eigenvalue weighted by Gasteiger charge is 2.20. The maximum Gasteiger partial charge on any atom is 0.364 e. The number of methoxy groups -OCH3 is 1. The average molecular weight is 329 g/mol. The third-order valence-corrected chi connectivity index (χ3v) is 3.50. The molecule has 0 spiro atoms. The highest BCUT2D eigenvalue weighted by atomic mass is 35.5. The van der Waals surface area contributed by atoms with Gasteiger partial charge >= 0.3 is 5.97 Å². The Labute approximate surface area is 132 Å². The number of ether oxygens (including phenoxy) is 1. The molecular formula is C14H16Cl2N3O2+. The summed E-state index contributed by atoms with van der Waals surface area (Å²) in [6.07, 6.45) is 3.88. The highest BCUT2D eigenvalue weighted by molar-refractivity contribution is 6.34. The van der Waals surface area contributed by atoms with Crippen LogP contribution in [0, 0.1) is 0 Å². The van der Waals surface area contributed by atoms with E-state index in [0.717, 1.165) is 11.3 Å². The van der Waals surface area contributed by atoms with E-state index in [1.54, 1.807) is 18.6 Å². The van der Waals surface area contributed by atoms with Crippen molar-refractivity contribution in [3.05, 3.63) is 52.0 Å². The molecule has 0 aliphatic heterocycles. The molecule has 0 fully saturated rings. The zero-order valence-corrected chi connectivity index (χ0v) is 13.1. The summed E-state index contributed by atoms with van der Waals surface area (Å²) in [6, 6.07) is 4.91.